The lowest BCUT2D eigenvalue weighted by atomic mass is 9.92. The molecule has 0 saturated heterocycles. The molecule has 0 bridgehead atoms. The van der Waals surface area contributed by atoms with Gasteiger partial charge in [0.15, 0.2) is 9.84 Å². The molecule has 1 N–H and O–H groups in total. The van der Waals surface area contributed by atoms with Gasteiger partial charge in [-0.3, -0.25) is 0 Å². The first-order valence-electron chi connectivity index (χ1n) is 7.64. The van der Waals surface area contributed by atoms with Crippen LogP contribution in [0.2, 0.25) is 0 Å². The number of sulfone groups is 1. The summed E-state index contributed by atoms with van der Waals surface area (Å²) in [5.74, 6) is 0.402. The van der Waals surface area contributed by atoms with Crippen LogP contribution in [0.3, 0.4) is 0 Å². The van der Waals surface area contributed by atoms with E-state index >= 15 is 0 Å². The predicted molar refractivity (Wildman–Crippen MR) is 80.7 cm³/mol. The molecule has 3 nitrogen and oxygen atoms in total. The smallest absolute Gasteiger partial charge is 0.179 e. The second-order valence-electron chi connectivity index (χ2n) is 6.20. The molecule has 0 amide bonds. The minimum atomic E-state index is -3.11. The van der Waals surface area contributed by atoms with E-state index in [2.05, 4.69) is 18.3 Å². The molecule has 2 unspecified atom stereocenters. The van der Waals surface area contributed by atoms with Crippen molar-refractivity contribution in [3.05, 3.63) is 28.8 Å². The molecule has 20 heavy (non-hydrogen) atoms. The quantitative estimate of drug-likeness (QED) is 0.932. The number of rotatable bonds is 3. The van der Waals surface area contributed by atoms with E-state index in [-0.39, 0.29) is 17.7 Å². The minimum Gasteiger partial charge on any atom is -0.310 e. The SMILES string of the molecule is CCCNC1c2cc3c(cc2S(=O)(=O)CC1C)CCC3. The van der Waals surface area contributed by atoms with Gasteiger partial charge >= 0.3 is 0 Å². The first-order chi connectivity index (χ1) is 9.53. The molecule has 1 aliphatic heterocycles. The van der Waals surface area contributed by atoms with Crippen LogP contribution >= 0.6 is 0 Å². The Labute approximate surface area is 121 Å². The zero-order valence-corrected chi connectivity index (χ0v) is 13.1. The molecule has 0 saturated carbocycles. The van der Waals surface area contributed by atoms with Crippen LogP contribution in [0.5, 0.6) is 0 Å². The Morgan fingerprint density at radius 3 is 2.65 bits per heavy atom. The molecule has 2 aliphatic rings. The third-order valence-corrected chi connectivity index (χ3v) is 6.55. The number of aryl methyl sites for hydroxylation is 2. The van der Waals surface area contributed by atoms with Crippen molar-refractivity contribution in [3.63, 3.8) is 0 Å². The van der Waals surface area contributed by atoms with Crippen molar-refractivity contribution in [2.75, 3.05) is 12.3 Å². The monoisotopic (exact) mass is 293 g/mol. The highest BCUT2D eigenvalue weighted by Gasteiger charge is 2.36. The van der Waals surface area contributed by atoms with Gasteiger partial charge < -0.3 is 5.32 Å². The van der Waals surface area contributed by atoms with Crippen LogP contribution in [0.1, 0.15) is 49.4 Å². The fourth-order valence-corrected chi connectivity index (χ4v) is 5.51. The van der Waals surface area contributed by atoms with E-state index in [1.54, 1.807) is 0 Å². The van der Waals surface area contributed by atoms with E-state index in [9.17, 15) is 8.42 Å². The van der Waals surface area contributed by atoms with Crippen LogP contribution in [0.25, 0.3) is 0 Å². The highest BCUT2D eigenvalue weighted by molar-refractivity contribution is 7.91. The van der Waals surface area contributed by atoms with Gasteiger partial charge in [-0.15, -0.1) is 0 Å². The van der Waals surface area contributed by atoms with Gasteiger partial charge in [-0.25, -0.2) is 8.42 Å². The summed E-state index contributed by atoms with van der Waals surface area (Å²) in [6.45, 7) is 5.12. The van der Waals surface area contributed by atoms with E-state index in [0.717, 1.165) is 37.8 Å². The lowest BCUT2D eigenvalue weighted by Gasteiger charge is -2.32. The zero-order valence-electron chi connectivity index (χ0n) is 12.3. The Balaban J connectivity index is 2.10. The molecule has 1 aromatic carbocycles. The summed E-state index contributed by atoms with van der Waals surface area (Å²) in [5.41, 5.74) is 3.62. The molecule has 1 aromatic rings. The summed E-state index contributed by atoms with van der Waals surface area (Å²) in [4.78, 5) is 0.588. The van der Waals surface area contributed by atoms with Crippen LogP contribution in [0.4, 0.5) is 0 Å². The molecule has 0 spiro atoms. The van der Waals surface area contributed by atoms with Gasteiger partial charge in [0.2, 0.25) is 0 Å². The maximum atomic E-state index is 12.5. The Bertz CT molecular complexity index is 622. The van der Waals surface area contributed by atoms with Crippen molar-refractivity contribution in [1.29, 1.82) is 0 Å². The van der Waals surface area contributed by atoms with Gasteiger partial charge in [-0.2, -0.15) is 0 Å². The largest absolute Gasteiger partial charge is 0.310 e. The summed E-state index contributed by atoms with van der Waals surface area (Å²) in [6, 6.07) is 4.30. The summed E-state index contributed by atoms with van der Waals surface area (Å²) < 4.78 is 24.9. The van der Waals surface area contributed by atoms with Crippen LogP contribution in [-0.4, -0.2) is 20.7 Å². The van der Waals surface area contributed by atoms with Crippen LogP contribution in [-0.2, 0) is 22.7 Å². The maximum Gasteiger partial charge on any atom is 0.179 e. The first kappa shape index (κ1) is 14.1. The summed E-state index contributed by atoms with van der Waals surface area (Å²) in [5, 5.41) is 3.54. The highest BCUT2D eigenvalue weighted by atomic mass is 32.2. The van der Waals surface area contributed by atoms with Crippen molar-refractivity contribution >= 4 is 9.84 Å². The van der Waals surface area contributed by atoms with E-state index in [1.165, 1.54) is 11.1 Å². The third-order valence-electron chi connectivity index (χ3n) is 4.56. The number of benzene rings is 1. The molecular formula is C16H23NO2S. The maximum absolute atomic E-state index is 12.5. The van der Waals surface area contributed by atoms with E-state index in [0.29, 0.717) is 4.90 Å². The highest BCUT2D eigenvalue weighted by Crippen LogP contribution is 2.39. The number of hydrogen-bond acceptors (Lipinski definition) is 3. The number of fused-ring (bicyclic) bond motifs is 2. The lowest BCUT2D eigenvalue weighted by molar-refractivity contribution is 0.395. The van der Waals surface area contributed by atoms with Gasteiger partial charge in [-0.05, 0) is 60.9 Å². The van der Waals surface area contributed by atoms with Crippen LogP contribution in [0, 0.1) is 5.92 Å². The molecule has 0 aromatic heterocycles. The van der Waals surface area contributed by atoms with Crippen molar-refractivity contribution in [1.82, 2.24) is 5.32 Å². The molecular weight excluding hydrogens is 270 g/mol. The molecule has 1 aliphatic carbocycles. The molecule has 4 heteroatoms. The van der Waals surface area contributed by atoms with Gasteiger partial charge in [0, 0.05) is 6.04 Å². The summed E-state index contributed by atoms with van der Waals surface area (Å²) >= 11 is 0. The fraction of sp³-hybridized carbons (Fsp3) is 0.625. The van der Waals surface area contributed by atoms with Crippen molar-refractivity contribution in [2.24, 2.45) is 5.92 Å². The average molecular weight is 293 g/mol. The Morgan fingerprint density at radius 1 is 1.25 bits per heavy atom. The van der Waals surface area contributed by atoms with Crippen molar-refractivity contribution < 1.29 is 8.42 Å². The van der Waals surface area contributed by atoms with Gasteiger partial charge in [0.05, 0.1) is 10.6 Å². The van der Waals surface area contributed by atoms with E-state index < -0.39 is 9.84 Å². The fourth-order valence-electron chi connectivity index (χ4n) is 3.58. The third kappa shape index (κ3) is 2.29. The van der Waals surface area contributed by atoms with Crippen LogP contribution in [0.15, 0.2) is 17.0 Å². The molecule has 0 fully saturated rings. The molecule has 2 atom stereocenters. The second-order valence-corrected chi connectivity index (χ2v) is 8.21. The first-order valence-corrected chi connectivity index (χ1v) is 9.30. The average Bonchev–Trinajstić information content (AvgIpc) is 2.83. The molecule has 110 valence electrons. The summed E-state index contributed by atoms with van der Waals surface area (Å²) in [7, 11) is -3.11. The lowest BCUT2D eigenvalue weighted by Crippen LogP contribution is -2.36. The number of nitrogens with one attached hydrogen (secondary N) is 1. The predicted octanol–water partition coefficient (Wildman–Crippen LogP) is 2.64. The molecule has 0 radical (unpaired) electrons. The van der Waals surface area contributed by atoms with Gasteiger partial charge in [0.1, 0.15) is 0 Å². The van der Waals surface area contributed by atoms with Crippen molar-refractivity contribution in [2.45, 2.75) is 50.5 Å². The van der Waals surface area contributed by atoms with Crippen molar-refractivity contribution in [3.8, 4) is 0 Å². The van der Waals surface area contributed by atoms with Crippen LogP contribution < -0.4 is 5.32 Å². The second kappa shape index (κ2) is 5.15. The Morgan fingerprint density at radius 2 is 1.95 bits per heavy atom. The van der Waals surface area contributed by atoms with E-state index in [4.69, 9.17) is 0 Å². The summed E-state index contributed by atoms with van der Waals surface area (Å²) in [6.07, 6.45) is 4.34. The molecule has 3 rings (SSSR count). The number of hydrogen-bond donors (Lipinski definition) is 1. The van der Waals surface area contributed by atoms with Gasteiger partial charge in [0.25, 0.3) is 0 Å². The van der Waals surface area contributed by atoms with E-state index in [1.807, 2.05) is 13.0 Å². The zero-order chi connectivity index (χ0) is 14.3. The minimum absolute atomic E-state index is 0.138. The standard InChI is InChI=1S/C16H23NO2S/c1-3-7-17-16-11(2)10-20(18,19)15-9-13-6-4-5-12(13)8-14(15)16/h8-9,11,16-17H,3-7,10H2,1-2H3. The normalized spacial score (nSPS) is 27.1. The Kier molecular flexibility index (Phi) is 3.63. The molecule has 1 heterocycles. The topological polar surface area (TPSA) is 46.2 Å². The van der Waals surface area contributed by atoms with Gasteiger partial charge in [-0.1, -0.05) is 19.9 Å². The Hall–Kier alpha value is -0.870.